The minimum atomic E-state index is -0.502. The van der Waals surface area contributed by atoms with Gasteiger partial charge in [-0.2, -0.15) is 0 Å². The molecular weight excluding hydrogens is 420 g/mol. The Morgan fingerprint density at radius 2 is 1.68 bits per heavy atom. The summed E-state index contributed by atoms with van der Waals surface area (Å²) in [6.07, 6.45) is 0.359. The van der Waals surface area contributed by atoms with Gasteiger partial charge in [0.25, 0.3) is 0 Å². The van der Waals surface area contributed by atoms with Crippen LogP contribution in [-0.4, -0.2) is 17.7 Å². The molecule has 0 unspecified atom stereocenters. The molecule has 152 valence electrons. The first kappa shape index (κ1) is 22.4. The Labute approximate surface area is 176 Å². The van der Waals surface area contributed by atoms with Gasteiger partial charge in [0.1, 0.15) is 18.0 Å². The lowest BCUT2D eigenvalue weighted by molar-refractivity contribution is -0.153. The molecule has 0 bridgehead atoms. The predicted molar refractivity (Wildman–Crippen MR) is 114 cm³/mol. The summed E-state index contributed by atoms with van der Waals surface area (Å²) in [6.45, 7) is 10.6. The zero-order valence-corrected chi connectivity index (χ0v) is 18.8. The molecule has 2 aromatic carbocycles. The molecule has 0 radical (unpaired) electrons. The summed E-state index contributed by atoms with van der Waals surface area (Å²) in [5.74, 6) is 0.424. The largest absolute Gasteiger partial charge is 0.489 e. The van der Waals surface area contributed by atoms with Gasteiger partial charge in [-0.1, -0.05) is 40.2 Å². The first-order chi connectivity index (χ1) is 13.1. The fourth-order valence-electron chi connectivity index (χ4n) is 2.63. The maximum atomic E-state index is 12.2. The normalized spacial score (nSPS) is 11.5. The van der Waals surface area contributed by atoms with E-state index in [2.05, 4.69) is 22.0 Å². The second kappa shape index (κ2) is 10.1. The average molecular weight is 449 g/mol. The summed E-state index contributed by atoms with van der Waals surface area (Å²) in [6, 6.07) is 13.7. The molecule has 5 heteroatoms. The topological polar surface area (TPSA) is 44.8 Å². The van der Waals surface area contributed by atoms with E-state index in [0.29, 0.717) is 19.0 Å². The summed E-state index contributed by atoms with van der Waals surface area (Å²) in [4.78, 5) is 12.2. The molecule has 0 spiro atoms. The molecule has 2 aromatic rings. The Balaban J connectivity index is 2.06. The van der Waals surface area contributed by atoms with Crippen LogP contribution in [0.25, 0.3) is 0 Å². The first-order valence-electron chi connectivity index (χ1n) is 9.45. The van der Waals surface area contributed by atoms with Gasteiger partial charge < -0.3 is 14.2 Å². The Kier molecular flexibility index (Phi) is 8.08. The third-order valence-corrected chi connectivity index (χ3v) is 4.18. The van der Waals surface area contributed by atoms with Crippen molar-refractivity contribution in [3.8, 4) is 5.75 Å². The highest BCUT2D eigenvalue weighted by atomic mass is 79.9. The molecule has 0 aliphatic carbocycles. The highest BCUT2D eigenvalue weighted by Gasteiger charge is 2.18. The lowest BCUT2D eigenvalue weighted by atomic mass is 10.1. The van der Waals surface area contributed by atoms with Gasteiger partial charge in [-0.3, -0.25) is 4.79 Å². The predicted octanol–water partition coefficient (Wildman–Crippen LogP) is 5.84. The molecule has 2 rings (SSSR count). The maximum absolute atomic E-state index is 12.2. The van der Waals surface area contributed by atoms with Crippen molar-refractivity contribution in [2.45, 2.75) is 66.0 Å². The summed E-state index contributed by atoms with van der Waals surface area (Å²) < 4.78 is 18.1. The van der Waals surface area contributed by atoms with Crippen molar-refractivity contribution in [3.05, 3.63) is 63.6 Å². The number of hydrogen-bond donors (Lipinski definition) is 0. The van der Waals surface area contributed by atoms with Crippen molar-refractivity contribution in [1.82, 2.24) is 0 Å². The van der Waals surface area contributed by atoms with E-state index in [0.717, 1.165) is 21.2 Å². The van der Waals surface area contributed by atoms with E-state index in [1.54, 1.807) is 0 Å². The number of ether oxygens (including phenoxy) is 3. The van der Waals surface area contributed by atoms with Crippen molar-refractivity contribution in [1.29, 1.82) is 0 Å². The summed E-state index contributed by atoms with van der Waals surface area (Å²) in [7, 11) is 0. The van der Waals surface area contributed by atoms with E-state index in [4.69, 9.17) is 14.2 Å². The number of hydrogen-bond acceptors (Lipinski definition) is 4. The molecule has 0 N–H and O–H groups in total. The number of carbonyl (C=O) groups excluding carboxylic acids is 1. The number of para-hydroxylation sites is 1. The molecule has 0 fully saturated rings. The third kappa shape index (κ3) is 8.03. The number of carbonyl (C=O) groups is 1. The standard InChI is InChI=1S/C23H29BrO4/c1-16(2)26-14-17-10-18(12-20(24)11-17)15-27-21-9-7-6-8-19(21)13-22(25)28-23(3,4)5/h6-12,16H,13-15H2,1-5H3. The molecular formula is C23H29BrO4. The number of benzene rings is 2. The van der Waals surface area contributed by atoms with Gasteiger partial charge in [0, 0.05) is 10.0 Å². The smallest absolute Gasteiger partial charge is 0.310 e. The Bertz CT molecular complexity index is 793. The Morgan fingerprint density at radius 1 is 1.04 bits per heavy atom. The molecule has 28 heavy (non-hydrogen) atoms. The van der Waals surface area contributed by atoms with Crippen molar-refractivity contribution in [2.24, 2.45) is 0 Å². The zero-order chi connectivity index (χ0) is 20.7. The van der Waals surface area contributed by atoms with E-state index in [-0.39, 0.29) is 18.5 Å². The Morgan fingerprint density at radius 3 is 2.32 bits per heavy atom. The third-order valence-electron chi connectivity index (χ3n) is 3.72. The van der Waals surface area contributed by atoms with Crippen LogP contribution in [0, 0.1) is 0 Å². The van der Waals surface area contributed by atoms with Crippen molar-refractivity contribution in [2.75, 3.05) is 0 Å². The van der Waals surface area contributed by atoms with E-state index in [9.17, 15) is 4.79 Å². The van der Waals surface area contributed by atoms with Crippen LogP contribution in [0.5, 0.6) is 5.75 Å². The van der Waals surface area contributed by atoms with Crippen LogP contribution in [0.4, 0.5) is 0 Å². The van der Waals surface area contributed by atoms with Gasteiger partial charge >= 0.3 is 5.97 Å². The number of esters is 1. The van der Waals surface area contributed by atoms with Crippen molar-refractivity contribution in [3.63, 3.8) is 0 Å². The van der Waals surface area contributed by atoms with Gasteiger partial charge in [-0.15, -0.1) is 0 Å². The minimum Gasteiger partial charge on any atom is -0.489 e. The molecule has 0 aliphatic heterocycles. The van der Waals surface area contributed by atoms with E-state index in [1.165, 1.54) is 0 Å². The molecule has 0 saturated heterocycles. The van der Waals surface area contributed by atoms with Crippen LogP contribution in [0.15, 0.2) is 46.9 Å². The van der Waals surface area contributed by atoms with Gasteiger partial charge in [-0.25, -0.2) is 0 Å². The molecule has 0 amide bonds. The summed E-state index contributed by atoms with van der Waals surface area (Å²) in [5.41, 5.74) is 2.43. The van der Waals surface area contributed by atoms with Crippen LogP contribution >= 0.6 is 15.9 Å². The Hall–Kier alpha value is -1.85. The van der Waals surface area contributed by atoms with E-state index < -0.39 is 5.60 Å². The second-order valence-electron chi connectivity index (χ2n) is 7.99. The highest BCUT2D eigenvalue weighted by Crippen LogP contribution is 2.23. The number of halogens is 1. The average Bonchev–Trinajstić information content (AvgIpc) is 2.57. The molecule has 0 aromatic heterocycles. The van der Waals surface area contributed by atoms with Gasteiger partial charge in [0.2, 0.25) is 0 Å². The van der Waals surface area contributed by atoms with Crippen molar-refractivity contribution >= 4 is 21.9 Å². The minimum absolute atomic E-state index is 0.179. The molecule has 0 atom stereocenters. The lowest BCUT2D eigenvalue weighted by Crippen LogP contribution is -2.25. The quantitative estimate of drug-likeness (QED) is 0.475. The molecule has 0 saturated carbocycles. The van der Waals surface area contributed by atoms with Crippen molar-refractivity contribution < 1.29 is 19.0 Å². The van der Waals surface area contributed by atoms with Gasteiger partial charge in [-0.05, 0) is 63.9 Å². The fraction of sp³-hybridized carbons (Fsp3) is 0.435. The fourth-order valence-corrected chi connectivity index (χ4v) is 3.22. The van der Waals surface area contributed by atoms with Gasteiger partial charge in [0.05, 0.1) is 19.1 Å². The summed E-state index contributed by atoms with van der Waals surface area (Å²) >= 11 is 3.55. The van der Waals surface area contributed by atoms with E-state index >= 15 is 0 Å². The van der Waals surface area contributed by atoms with Crippen LogP contribution in [0.3, 0.4) is 0 Å². The van der Waals surface area contributed by atoms with Crippen LogP contribution < -0.4 is 4.74 Å². The monoisotopic (exact) mass is 448 g/mol. The summed E-state index contributed by atoms with van der Waals surface area (Å²) in [5, 5.41) is 0. The molecule has 0 heterocycles. The second-order valence-corrected chi connectivity index (χ2v) is 8.90. The van der Waals surface area contributed by atoms with E-state index in [1.807, 2.05) is 71.0 Å². The van der Waals surface area contributed by atoms with Gasteiger partial charge in [0.15, 0.2) is 0 Å². The lowest BCUT2D eigenvalue weighted by Gasteiger charge is -2.20. The SMILES string of the molecule is CC(C)OCc1cc(Br)cc(COc2ccccc2CC(=O)OC(C)(C)C)c1. The molecule has 4 nitrogen and oxygen atoms in total. The maximum Gasteiger partial charge on any atom is 0.310 e. The molecule has 0 aliphatic rings. The van der Waals surface area contributed by atoms with Crippen LogP contribution in [0.1, 0.15) is 51.3 Å². The van der Waals surface area contributed by atoms with Crippen LogP contribution in [-0.2, 0) is 33.9 Å². The van der Waals surface area contributed by atoms with Crippen LogP contribution in [0.2, 0.25) is 0 Å². The first-order valence-corrected chi connectivity index (χ1v) is 10.2. The number of rotatable bonds is 8. The zero-order valence-electron chi connectivity index (χ0n) is 17.3. The highest BCUT2D eigenvalue weighted by molar-refractivity contribution is 9.10.